The van der Waals surface area contributed by atoms with Gasteiger partial charge < -0.3 is 14.5 Å². The van der Waals surface area contributed by atoms with Crippen LogP contribution < -0.4 is 4.74 Å². The van der Waals surface area contributed by atoms with Crippen molar-refractivity contribution in [2.45, 2.75) is 45.5 Å². The Bertz CT molecular complexity index is 765. The summed E-state index contributed by atoms with van der Waals surface area (Å²) in [6.45, 7) is 5.47. The topological polar surface area (TPSA) is 49.7 Å². The van der Waals surface area contributed by atoms with Gasteiger partial charge in [0.25, 0.3) is 0 Å². The van der Waals surface area contributed by atoms with Crippen LogP contribution in [0.15, 0.2) is 16.6 Å². The van der Waals surface area contributed by atoms with Gasteiger partial charge in [-0.1, -0.05) is 13.8 Å². The van der Waals surface area contributed by atoms with Crippen LogP contribution in [0.2, 0.25) is 0 Å². The summed E-state index contributed by atoms with van der Waals surface area (Å²) in [7, 11) is -3.54. The number of halogens is 6. The minimum absolute atomic E-state index is 0.0111. The maximum Gasteiger partial charge on any atom is 0.389 e. The van der Waals surface area contributed by atoms with Crippen LogP contribution in [-0.2, 0) is 5.66 Å². The monoisotopic (exact) mass is 496 g/mol. The van der Waals surface area contributed by atoms with Gasteiger partial charge in [-0.3, -0.25) is 0 Å². The SMILES string of the molecule is CC.Cc1cc(OCCCC(F)(F)F)c2sc(C(F)(F)P(O)O)c(Br)c2c1. The predicted octanol–water partition coefficient (Wildman–Crippen LogP) is 7.07. The Balaban J connectivity index is 0.00000176. The normalized spacial score (nSPS) is 12.3. The van der Waals surface area contributed by atoms with E-state index in [0.29, 0.717) is 27.0 Å². The van der Waals surface area contributed by atoms with Crippen molar-refractivity contribution in [2.75, 3.05) is 6.61 Å². The van der Waals surface area contributed by atoms with Gasteiger partial charge in [0, 0.05) is 16.3 Å². The number of hydrogen-bond acceptors (Lipinski definition) is 4. The zero-order valence-electron chi connectivity index (χ0n) is 14.7. The molecule has 0 radical (unpaired) electrons. The van der Waals surface area contributed by atoms with Crippen molar-refractivity contribution < 1.29 is 36.5 Å². The van der Waals surface area contributed by atoms with Gasteiger partial charge in [0.05, 0.1) is 16.2 Å². The largest absolute Gasteiger partial charge is 0.492 e. The van der Waals surface area contributed by atoms with Crippen LogP contribution in [0.3, 0.4) is 0 Å². The fourth-order valence-electron chi connectivity index (χ4n) is 2.12. The summed E-state index contributed by atoms with van der Waals surface area (Å²) in [6, 6.07) is 3.15. The third-order valence-corrected chi connectivity index (χ3v) is 6.48. The summed E-state index contributed by atoms with van der Waals surface area (Å²) in [4.78, 5) is 17.4. The molecule has 2 rings (SSSR count). The molecule has 0 aliphatic heterocycles. The average Bonchev–Trinajstić information content (AvgIpc) is 2.90. The lowest BCUT2D eigenvalue weighted by Gasteiger charge is -2.15. The summed E-state index contributed by atoms with van der Waals surface area (Å²) < 4.78 is 70.2. The summed E-state index contributed by atoms with van der Waals surface area (Å²) >= 11 is 3.66. The molecule has 0 atom stereocenters. The van der Waals surface area contributed by atoms with Crippen molar-refractivity contribution >= 4 is 45.7 Å². The van der Waals surface area contributed by atoms with Gasteiger partial charge in [-0.05, 0) is 47.0 Å². The molecule has 1 heterocycles. The van der Waals surface area contributed by atoms with Crippen molar-refractivity contribution in [2.24, 2.45) is 0 Å². The Hall–Kier alpha value is -0.540. The molecule has 2 N–H and O–H groups in total. The number of hydrogen-bond donors (Lipinski definition) is 2. The highest BCUT2D eigenvalue weighted by molar-refractivity contribution is 9.10. The first-order valence-corrected chi connectivity index (χ1v) is 10.8. The Morgan fingerprint density at radius 3 is 2.26 bits per heavy atom. The number of rotatable bonds is 6. The number of fused-ring (bicyclic) bond motifs is 1. The first-order valence-electron chi connectivity index (χ1n) is 7.92. The Labute approximate surface area is 167 Å². The molecule has 3 nitrogen and oxygen atoms in total. The van der Waals surface area contributed by atoms with Gasteiger partial charge in [-0.2, -0.15) is 22.0 Å². The van der Waals surface area contributed by atoms with Gasteiger partial charge in [0.2, 0.25) is 8.38 Å². The van der Waals surface area contributed by atoms with Crippen LogP contribution in [-0.4, -0.2) is 22.6 Å². The molecule has 154 valence electrons. The number of benzene rings is 1. The van der Waals surface area contributed by atoms with Crippen LogP contribution in [0.4, 0.5) is 22.0 Å². The van der Waals surface area contributed by atoms with Crippen LogP contribution in [0.1, 0.15) is 37.1 Å². The molecule has 0 aliphatic rings. The third kappa shape index (κ3) is 6.22. The van der Waals surface area contributed by atoms with Gasteiger partial charge in [0.1, 0.15) is 5.75 Å². The molecule has 27 heavy (non-hydrogen) atoms. The Morgan fingerprint density at radius 2 is 1.74 bits per heavy atom. The van der Waals surface area contributed by atoms with Crippen molar-refractivity contribution in [1.29, 1.82) is 0 Å². The second-order valence-corrected chi connectivity index (χ2v) is 8.24. The predicted molar refractivity (Wildman–Crippen MR) is 102 cm³/mol. The highest BCUT2D eigenvalue weighted by Crippen LogP contribution is 2.58. The summed E-state index contributed by atoms with van der Waals surface area (Å²) in [5.74, 6) is 0.185. The quantitative estimate of drug-likeness (QED) is 0.255. The zero-order valence-corrected chi connectivity index (χ0v) is 18.0. The first kappa shape index (κ1) is 24.5. The molecule has 2 aromatic rings. The van der Waals surface area contributed by atoms with E-state index in [-0.39, 0.29) is 23.2 Å². The van der Waals surface area contributed by atoms with E-state index >= 15 is 0 Å². The average molecular weight is 497 g/mol. The molecule has 0 aliphatic carbocycles. The summed E-state index contributed by atoms with van der Waals surface area (Å²) in [5, 5.41) is 0.377. The summed E-state index contributed by atoms with van der Waals surface area (Å²) in [5.41, 5.74) is -3.17. The van der Waals surface area contributed by atoms with E-state index in [0.717, 1.165) is 0 Å². The lowest BCUT2D eigenvalue weighted by molar-refractivity contribution is -0.136. The lowest BCUT2D eigenvalue weighted by atomic mass is 10.1. The molecule has 0 saturated carbocycles. The standard InChI is InChI=1S/C14H13BrF5O3PS.C2H6/c1-7-5-8-10(15)12(14(19,20)24(21)22)25-11(8)9(6-7)23-4-2-3-13(16,17)18;1-2/h5-6,21-22H,2-4H2,1H3;1-2H3. The molecule has 1 aromatic carbocycles. The van der Waals surface area contributed by atoms with Crippen molar-refractivity contribution in [1.82, 2.24) is 0 Å². The number of ether oxygens (including phenoxy) is 1. The second-order valence-electron chi connectivity index (χ2n) is 5.28. The first-order chi connectivity index (χ1) is 12.4. The highest BCUT2D eigenvalue weighted by Gasteiger charge is 2.45. The van der Waals surface area contributed by atoms with E-state index in [1.165, 1.54) is 0 Å². The second kappa shape index (κ2) is 9.78. The van der Waals surface area contributed by atoms with E-state index in [4.69, 9.17) is 14.5 Å². The van der Waals surface area contributed by atoms with E-state index < -0.39 is 31.5 Å². The van der Waals surface area contributed by atoms with Crippen LogP contribution in [0.25, 0.3) is 10.1 Å². The van der Waals surface area contributed by atoms with Gasteiger partial charge in [-0.15, -0.1) is 11.3 Å². The number of alkyl halides is 5. The fraction of sp³-hybridized carbons (Fsp3) is 0.500. The molecular formula is C16H19BrF5O3PS. The maximum absolute atomic E-state index is 14.0. The van der Waals surface area contributed by atoms with Gasteiger partial charge in [-0.25, -0.2) is 0 Å². The number of aryl methyl sites for hydroxylation is 1. The van der Waals surface area contributed by atoms with Crippen molar-refractivity contribution in [3.05, 3.63) is 27.0 Å². The minimum Gasteiger partial charge on any atom is -0.492 e. The minimum atomic E-state index is -4.29. The number of thiophene rings is 1. The van der Waals surface area contributed by atoms with Gasteiger partial charge in [0.15, 0.2) is 0 Å². The van der Waals surface area contributed by atoms with Crippen LogP contribution >= 0.6 is 35.6 Å². The van der Waals surface area contributed by atoms with E-state index in [1.807, 2.05) is 13.8 Å². The van der Waals surface area contributed by atoms with Gasteiger partial charge >= 0.3 is 11.8 Å². The van der Waals surface area contributed by atoms with Crippen LogP contribution in [0, 0.1) is 6.92 Å². The maximum atomic E-state index is 14.0. The van der Waals surface area contributed by atoms with Crippen LogP contribution in [0.5, 0.6) is 5.75 Å². The van der Waals surface area contributed by atoms with Crippen molar-refractivity contribution in [3.8, 4) is 5.75 Å². The molecular weight excluding hydrogens is 478 g/mol. The van der Waals surface area contributed by atoms with E-state index in [1.54, 1.807) is 19.1 Å². The molecule has 0 saturated heterocycles. The molecule has 0 amide bonds. The van der Waals surface area contributed by atoms with E-state index in [2.05, 4.69) is 15.9 Å². The highest BCUT2D eigenvalue weighted by atomic mass is 79.9. The molecule has 0 unspecified atom stereocenters. The zero-order chi connectivity index (χ0) is 21.0. The lowest BCUT2D eigenvalue weighted by Crippen LogP contribution is -2.09. The molecule has 0 bridgehead atoms. The molecule has 0 fully saturated rings. The molecule has 0 spiro atoms. The smallest absolute Gasteiger partial charge is 0.389 e. The fourth-order valence-corrected chi connectivity index (χ4v) is 4.90. The summed E-state index contributed by atoms with van der Waals surface area (Å²) in [6.07, 6.45) is -5.54. The molecule has 11 heteroatoms. The molecule has 1 aromatic heterocycles. The Kier molecular flexibility index (Phi) is 8.88. The third-order valence-electron chi connectivity index (χ3n) is 3.23. The van der Waals surface area contributed by atoms with Crippen molar-refractivity contribution in [3.63, 3.8) is 0 Å². The van der Waals surface area contributed by atoms with E-state index in [9.17, 15) is 22.0 Å². The Morgan fingerprint density at radius 1 is 1.15 bits per heavy atom.